The van der Waals surface area contributed by atoms with Gasteiger partial charge in [0.1, 0.15) is 0 Å². The lowest BCUT2D eigenvalue weighted by molar-refractivity contribution is 0.379. The van der Waals surface area contributed by atoms with Gasteiger partial charge >= 0.3 is 0 Å². The number of nitrogens with two attached hydrogens (primary N) is 1. The second-order valence-electron chi connectivity index (χ2n) is 4.62. The van der Waals surface area contributed by atoms with Gasteiger partial charge in [0.15, 0.2) is 0 Å². The lowest BCUT2D eigenvalue weighted by Gasteiger charge is -2.07. The van der Waals surface area contributed by atoms with Crippen LogP contribution in [0.25, 0.3) is 5.69 Å². The lowest BCUT2D eigenvalue weighted by Crippen LogP contribution is -2.03. The molecule has 4 nitrogen and oxygen atoms in total. The second kappa shape index (κ2) is 5.63. The molecule has 5 heteroatoms. The van der Waals surface area contributed by atoms with E-state index in [1.54, 1.807) is 11.8 Å². The number of hydrogen-bond acceptors (Lipinski definition) is 3. The van der Waals surface area contributed by atoms with Crippen molar-refractivity contribution in [1.82, 2.24) is 9.78 Å². The van der Waals surface area contributed by atoms with Gasteiger partial charge in [-0.05, 0) is 30.2 Å². The molecule has 102 valence electrons. The zero-order valence-corrected chi connectivity index (χ0v) is 12.1. The molecule has 0 fully saturated rings. The molecule has 1 aromatic heterocycles. The molecule has 2 rings (SSSR count). The maximum Gasteiger partial charge on any atom is 0.221 e. The normalized spacial score (nSPS) is 11.1. The number of halogens is 1. The first-order valence-corrected chi connectivity index (χ1v) is 6.58. The molecule has 19 heavy (non-hydrogen) atoms. The first kappa shape index (κ1) is 13.9. The molecule has 0 unspecified atom stereocenters. The van der Waals surface area contributed by atoms with Crippen LogP contribution in [0.5, 0.6) is 5.88 Å². The summed E-state index contributed by atoms with van der Waals surface area (Å²) in [4.78, 5) is 0. The molecule has 2 N–H and O–H groups in total. The van der Waals surface area contributed by atoms with Gasteiger partial charge in [-0.3, -0.25) is 0 Å². The van der Waals surface area contributed by atoms with Crippen LogP contribution in [0.2, 0.25) is 5.02 Å². The van der Waals surface area contributed by atoms with Crippen LogP contribution in [-0.4, -0.2) is 16.9 Å². The molecule has 1 aromatic carbocycles. The smallest absolute Gasteiger partial charge is 0.221 e. The Kier molecular flexibility index (Phi) is 4.12. The van der Waals surface area contributed by atoms with E-state index in [-0.39, 0.29) is 0 Å². The summed E-state index contributed by atoms with van der Waals surface area (Å²) in [5, 5.41) is 5.31. The predicted octanol–water partition coefficient (Wildman–Crippen LogP) is 3.12. The Balaban J connectivity index is 2.59. The van der Waals surface area contributed by atoms with Gasteiger partial charge in [-0.1, -0.05) is 25.4 Å². The molecule has 0 bridgehead atoms. The molecule has 0 saturated heterocycles. The number of aromatic nitrogens is 2. The molecule has 0 radical (unpaired) electrons. The summed E-state index contributed by atoms with van der Waals surface area (Å²) in [5.74, 6) is 0.981. The zero-order chi connectivity index (χ0) is 14.0. The van der Waals surface area contributed by atoms with Crippen LogP contribution >= 0.6 is 11.6 Å². The highest BCUT2D eigenvalue weighted by Crippen LogP contribution is 2.30. The summed E-state index contributed by atoms with van der Waals surface area (Å²) in [5.41, 5.74) is 8.65. The number of nitrogens with zero attached hydrogens (tertiary/aromatic N) is 2. The van der Waals surface area contributed by atoms with E-state index in [9.17, 15) is 0 Å². The molecule has 0 amide bonds. The van der Waals surface area contributed by atoms with Crippen LogP contribution in [0.4, 0.5) is 0 Å². The largest absolute Gasteiger partial charge is 0.481 e. The van der Waals surface area contributed by atoms with Crippen molar-refractivity contribution in [2.45, 2.75) is 26.3 Å². The van der Waals surface area contributed by atoms with Gasteiger partial charge in [0, 0.05) is 11.6 Å². The standard InChI is InChI=1S/C14H18ClN3O/c1-9(2)13-12(8-16)14(19-3)18(17-13)11-6-4-10(15)5-7-11/h4-7,9H,8,16H2,1-3H3. The average molecular weight is 280 g/mol. The van der Waals surface area contributed by atoms with E-state index < -0.39 is 0 Å². The highest BCUT2D eigenvalue weighted by atomic mass is 35.5. The molecule has 0 aliphatic carbocycles. The Morgan fingerprint density at radius 2 is 1.95 bits per heavy atom. The van der Waals surface area contributed by atoms with Crippen molar-refractivity contribution < 1.29 is 4.74 Å². The van der Waals surface area contributed by atoms with Crippen molar-refractivity contribution in [3.63, 3.8) is 0 Å². The van der Waals surface area contributed by atoms with Gasteiger partial charge in [-0.25, -0.2) is 4.68 Å². The van der Waals surface area contributed by atoms with Crippen LogP contribution in [0, 0.1) is 0 Å². The zero-order valence-electron chi connectivity index (χ0n) is 11.4. The highest BCUT2D eigenvalue weighted by Gasteiger charge is 2.20. The van der Waals surface area contributed by atoms with E-state index in [0.29, 0.717) is 23.4 Å². The van der Waals surface area contributed by atoms with Crippen LogP contribution < -0.4 is 10.5 Å². The number of hydrogen-bond donors (Lipinski definition) is 1. The molecular weight excluding hydrogens is 262 g/mol. The van der Waals surface area contributed by atoms with E-state index in [1.165, 1.54) is 0 Å². The molecule has 1 heterocycles. The molecule has 0 aliphatic heterocycles. The van der Waals surface area contributed by atoms with Crippen molar-refractivity contribution in [2.75, 3.05) is 7.11 Å². The third kappa shape index (κ3) is 2.60. The summed E-state index contributed by atoms with van der Waals surface area (Å²) in [6.07, 6.45) is 0. The molecule has 0 aliphatic rings. The van der Waals surface area contributed by atoms with Gasteiger partial charge < -0.3 is 10.5 Å². The fraction of sp³-hybridized carbons (Fsp3) is 0.357. The van der Waals surface area contributed by atoms with E-state index >= 15 is 0 Å². The van der Waals surface area contributed by atoms with Gasteiger partial charge in [-0.2, -0.15) is 5.10 Å². The molecule has 0 saturated carbocycles. The minimum absolute atomic E-state index is 0.293. The van der Waals surface area contributed by atoms with Gasteiger partial charge in [0.2, 0.25) is 5.88 Å². The van der Waals surface area contributed by atoms with Crippen molar-refractivity contribution in [1.29, 1.82) is 0 Å². The maximum absolute atomic E-state index is 5.91. The Morgan fingerprint density at radius 1 is 1.32 bits per heavy atom. The van der Waals surface area contributed by atoms with Crippen LogP contribution in [0.1, 0.15) is 31.0 Å². The summed E-state index contributed by atoms with van der Waals surface area (Å²) in [6.45, 7) is 4.59. The van der Waals surface area contributed by atoms with Crippen molar-refractivity contribution >= 4 is 11.6 Å². The lowest BCUT2D eigenvalue weighted by atomic mass is 10.1. The number of ether oxygens (including phenoxy) is 1. The van der Waals surface area contributed by atoms with Crippen molar-refractivity contribution in [3.05, 3.63) is 40.5 Å². The Morgan fingerprint density at radius 3 is 2.42 bits per heavy atom. The van der Waals surface area contributed by atoms with E-state index in [2.05, 4.69) is 18.9 Å². The van der Waals surface area contributed by atoms with Crippen molar-refractivity contribution in [2.24, 2.45) is 5.73 Å². The van der Waals surface area contributed by atoms with E-state index in [0.717, 1.165) is 16.9 Å². The third-order valence-corrected chi connectivity index (χ3v) is 3.23. The summed E-state index contributed by atoms with van der Waals surface area (Å²) < 4.78 is 7.24. The molecular formula is C14H18ClN3O. The SMILES string of the molecule is COc1c(CN)c(C(C)C)nn1-c1ccc(Cl)cc1. The minimum atomic E-state index is 0.293. The molecule has 2 aromatic rings. The number of benzene rings is 1. The van der Waals surface area contributed by atoms with Gasteiger partial charge in [0.25, 0.3) is 0 Å². The van der Waals surface area contributed by atoms with Crippen LogP contribution in [0.15, 0.2) is 24.3 Å². The van der Waals surface area contributed by atoms with Gasteiger partial charge in [-0.15, -0.1) is 0 Å². The Hall–Kier alpha value is -1.52. The monoisotopic (exact) mass is 279 g/mol. The van der Waals surface area contributed by atoms with Crippen LogP contribution in [-0.2, 0) is 6.54 Å². The van der Waals surface area contributed by atoms with Crippen molar-refractivity contribution in [3.8, 4) is 11.6 Å². The Labute approximate surface area is 118 Å². The highest BCUT2D eigenvalue weighted by molar-refractivity contribution is 6.30. The fourth-order valence-electron chi connectivity index (χ4n) is 2.07. The topological polar surface area (TPSA) is 53.1 Å². The average Bonchev–Trinajstić information content (AvgIpc) is 2.78. The van der Waals surface area contributed by atoms with E-state index in [4.69, 9.17) is 22.1 Å². The van der Waals surface area contributed by atoms with Gasteiger partial charge in [0.05, 0.1) is 24.1 Å². The molecule has 0 spiro atoms. The number of rotatable bonds is 4. The second-order valence-corrected chi connectivity index (χ2v) is 5.06. The summed E-state index contributed by atoms with van der Waals surface area (Å²) in [7, 11) is 1.63. The quantitative estimate of drug-likeness (QED) is 0.935. The number of methoxy groups -OCH3 is 1. The molecule has 0 atom stereocenters. The minimum Gasteiger partial charge on any atom is -0.481 e. The first-order chi connectivity index (χ1) is 9.08. The Bertz CT molecular complexity index is 561. The summed E-state index contributed by atoms with van der Waals surface area (Å²) >= 11 is 5.91. The van der Waals surface area contributed by atoms with Crippen LogP contribution in [0.3, 0.4) is 0 Å². The predicted molar refractivity (Wildman–Crippen MR) is 77.1 cm³/mol. The fourth-order valence-corrected chi connectivity index (χ4v) is 2.20. The van der Waals surface area contributed by atoms with E-state index in [1.807, 2.05) is 24.3 Å². The summed E-state index contributed by atoms with van der Waals surface area (Å²) in [6, 6.07) is 7.47. The maximum atomic E-state index is 5.91. The third-order valence-electron chi connectivity index (χ3n) is 2.98. The first-order valence-electron chi connectivity index (χ1n) is 6.20.